The monoisotopic (exact) mass is 222 g/mol. The summed E-state index contributed by atoms with van der Waals surface area (Å²) in [6.07, 6.45) is 2.21. The van der Waals surface area contributed by atoms with E-state index >= 15 is 0 Å². The lowest BCUT2D eigenvalue weighted by atomic mass is 10.1. The third-order valence-corrected chi connectivity index (χ3v) is 2.20. The second-order valence-electron chi connectivity index (χ2n) is 4.14. The van der Waals surface area contributed by atoms with E-state index < -0.39 is 0 Å². The van der Waals surface area contributed by atoms with Crippen molar-refractivity contribution in [1.82, 2.24) is 0 Å². The molecule has 90 valence electrons. The average Bonchev–Trinajstić information content (AvgIpc) is 2.26. The van der Waals surface area contributed by atoms with Gasteiger partial charge in [0.25, 0.3) is 0 Å². The molecular formula is C14H22O2. The van der Waals surface area contributed by atoms with Crippen LogP contribution in [-0.4, -0.2) is 19.3 Å². The number of hydrogen-bond acceptors (Lipinski definition) is 2. The molecule has 0 amide bonds. The Morgan fingerprint density at radius 3 is 2.56 bits per heavy atom. The van der Waals surface area contributed by atoms with Gasteiger partial charge in [-0.15, -0.1) is 0 Å². The van der Waals surface area contributed by atoms with E-state index in [2.05, 4.69) is 13.0 Å². The summed E-state index contributed by atoms with van der Waals surface area (Å²) in [5, 5.41) is 0. The van der Waals surface area contributed by atoms with Crippen molar-refractivity contribution in [2.24, 2.45) is 0 Å². The summed E-state index contributed by atoms with van der Waals surface area (Å²) in [7, 11) is 0. The van der Waals surface area contributed by atoms with Gasteiger partial charge >= 0.3 is 0 Å². The SMILES string of the molecule is CCCOCCc1ccccc1OC(C)C. The number of ether oxygens (including phenoxy) is 2. The van der Waals surface area contributed by atoms with E-state index in [0.29, 0.717) is 0 Å². The van der Waals surface area contributed by atoms with Crippen LogP contribution in [0.5, 0.6) is 5.75 Å². The zero-order valence-electron chi connectivity index (χ0n) is 10.5. The molecule has 1 aromatic carbocycles. The van der Waals surface area contributed by atoms with Gasteiger partial charge in [0.05, 0.1) is 12.7 Å². The van der Waals surface area contributed by atoms with Crippen molar-refractivity contribution in [2.45, 2.75) is 39.7 Å². The molecular weight excluding hydrogens is 200 g/mol. The molecule has 0 N–H and O–H groups in total. The molecule has 0 radical (unpaired) electrons. The minimum absolute atomic E-state index is 0.220. The highest BCUT2D eigenvalue weighted by Crippen LogP contribution is 2.19. The summed E-state index contributed by atoms with van der Waals surface area (Å²) in [6, 6.07) is 8.18. The molecule has 0 atom stereocenters. The van der Waals surface area contributed by atoms with Crippen molar-refractivity contribution in [2.75, 3.05) is 13.2 Å². The van der Waals surface area contributed by atoms with E-state index in [-0.39, 0.29) is 6.10 Å². The fourth-order valence-corrected chi connectivity index (χ4v) is 1.51. The second kappa shape index (κ2) is 7.29. The molecule has 1 rings (SSSR count). The first-order valence-corrected chi connectivity index (χ1v) is 6.06. The van der Waals surface area contributed by atoms with E-state index in [9.17, 15) is 0 Å². The molecule has 0 saturated carbocycles. The van der Waals surface area contributed by atoms with Crippen molar-refractivity contribution in [3.8, 4) is 5.75 Å². The second-order valence-corrected chi connectivity index (χ2v) is 4.14. The van der Waals surface area contributed by atoms with Crippen LogP contribution in [-0.2, 0) is 11.2 Å². The molecule has 2 heteroatoms. The first-order chi connectivity index (χ1) is 7.74. The van der Waals surface area contributed by atoms with Crippen molar-refractivity contribution < 1.29 is 9.47 Å². The van der Waals surface area contributed by atoms with Gasteiger partial charge in [0.2, 0.25) is 0 Å². The molecule has 0 spiro atoms. The minimum Gasteiger partial charge on any atom is -0.491 e. The molecule has 0 aliphatic heterocycles. The van der Waals surface area contributed by atoms with Crippen LogP contribution < -0.4 is 4.74 Å². The topological polar surface area (TPSA) is 18.5 Å². The van der Waals surface area contributed by atoms with Crippen LogP contribution in [0.4, 0.5) is 0 Å². The Bertz CT molecular complexity index is 295. The van der Waals surface area contributed by atoms with E-state index in [4.69, 9.17) is 9.47 Å². The molecule has 2 nitrogen and oxygen atoms in total. The van der Waals surface area contributed by atoms with Gasteiger partial charge in [0.15, 0.2) is 0 Å². The summed E-state index contributed by atoms with van der Waals surface area (Å²) in [6.45, 7) is 7.82. The molecule has 0 bridgehead atoms. The summed E-state index contributed by atoms with van der Waals surface area (Å²) in [4.78, 5) is 0. The first kappa shape index (κ1) is 13.0. The maximum atomic E-state index is 5.75. The molecule has 1 aromatic rings. The van der Waals surface area contributed by atoms with Crippen molar-refractivity contribution in [1.29, 1.82) is 0 Å². The maximum absolute atomic E-state index is 5.75. The highest BCUT2D eigenvalue weighted by molar-refractivity contribution is 5.33. The minimum atomic E-state index is 0.220. The van der Waals surface area contributed by atoms with Gasteiger partial charge < -0.3 is 9.47 Å². The lowest BCUT2D eigenvalue weighted by Crippen LogP contribution is -2.08. The molecule has 0 aliphatic rings. The van der Waals surface area contributed by atoms with Gasteiger partial charge in [0, 0.05) is 6.61 Å². The maximum Gasteiger partial charge on any atom is 0.122 e. The largest absolute Gasteiger partial charge is 0.491 e. The smallest absolute Gasteiger partial charge is 0.122 e. The Balaban J connectivity index is 2.50. The van der Waals surface area contributed by atoms with Crippen LogP contribution in [0.2, 0.25) is 0 Å². The molecule has 0 heterocycles. The van der Waals surface area contributed by atoms with Crippen LogP contribution in [0.3, 0.4) is 0 Å². The van der Waals surface area contributed by atoms with Gasteiger partial charge in [-0.25, -0.2) is 0 Å². The van der Waals surface area contributed by atoms with Gasteiger partial charge in [-0.2, -0.15) is 0 Å². The lowest BCUT2D eigenvalue weighted by molar-refractivity contribution is 0.136. The number of hydrogen-bond donors (Lipinski definition) is 0. The Labute approximate surface area is 98.6 Å². The number of rotatable bonds is 7. The zero-order valence-corrected chi connectivity index (χ0v) is 10.5. The molecule has 16 heavy (non-hydrogen) atoms. The molecule has 0 fully saturated rings. The van der Waals surface area contributed by atoms with E-state index in [1.165, 1.54) is 5.56 Å². The quantitative estimate of drug-likeness (QED) is 0.658. The third-order valence-electron chi connectivity index (χ3n) is 2.20. The highest BCUT2D eigenvalue weighted by Gasteiger charge is 2.04. The van der Waals surface area contributed by atoms with Gasteiger partial charge in [-0.1, -0.05) is 25.1 Å². The predicted molar refractivity (Wildman–Crippen MR) is 67.0 cm³/mol. The molecule has 0 saturated heterocycles. The average molecular weight is 222 g/mol. The summed E-state index contributed by atoms with van der Waals surface area (Å²) >= 11 is 0. The van der Waals surface area contributed by atoms with Crippen LogP contribution in [0.15, 0.2) is 24.3 Å². The highest BCUT2D eigenvalue weighted by atomic mass is 16.5. The zero-order chi connectivity index (χ0) is 11.8. The van der Waals surface area contributed by atoms with E-state index in [1.54, 1.807) is 0 Å². The Kier molecular flexibility index (Phi) is 5.94. The summed E-state index contributed by atoms with van der Waals surface area (Å²) in [5.41, 5.74) is 1.23. The summed E-state index contributed by atoms with van der Waals surface area (Å²) in [5.74, 6) is 0.984. The first-order valence-electron chi connectivity index (χ1n) is 6.06. The Morgan fingerprint density at radius 1 is 1.12 bits per heavy atom. The van der Waals surface area contributed by atoms with Crippen molar-refractivity contribution >= 4 is 0 Å². The Morgan fingerprint density at radius 2 is 1.88 bits per heavy atom. The van der Waals surface area contributed by atoms with Gasteiger partial charge in [-0.05, 0) is 38.3 Å². The van der Waals surface area contributed by atoms with Crippen molar-refractivity contribution in [3.63, 3.8) is 0 Å². The van der Waals surface area contributed by atoms with E-state index in [1.807, 2.05) is 32.0 Å². The lowest BCUT2D eigenvalue weighted by Gasteiger charge is -2.14. The van der Waals surface area contributed by atoms with Gasteiger partial charge in [-0.3, -0.25) is 0 Å². The Hall–Kier alpha value is -1.02. The number of benzene rings is 1. The molecule has 0 aromatic heterocycles. The van der Waals surface area contributed by atoms with Crippen LogP contribution in [0.1, 0.15) is 32.8 Å². The third kappa shape index (κ3) is 4.67. The van der Waals surface area contributed by atoms with E-state index in [0.717, 1.165) is 31.8 Å². The fraction of sp³-hybridized carbons (Fsp3) is 0.571. The van der Waals surface area contributed by atoms with Crippen molar-refractivity contribution in [3.05, 3.63) is 29.8 Å². The number of para-hydroxylation sites is 1. The van der Waals surface area contributed by atoms with Gasteiger partial charge in [0.1, 0.15) is 5.75 Å². The summed E-state index contributed by atoms with van der Waals surface area (Å²) < 4.78 is 11.2. The van der Waals surface area contributed by atoms with Crippen LogP contribution >= 0.6 is 0 Å². The van der Waals surface area contributed by atoms with Crippen LogP contribution in [0.25, 0.3) is 0 Å². The van der Waals surface area contributed by atoms with Crippen LogP contribution in [0, 0.1) is 0 Å². The standard InChI is InChI=1S/C14H22O2/c1-4-10-15-11-9-13-7-5-6-8-14(13)16-12(2)3/h5-8,12H,4,9-11H2,1-3H3. The molecule has 0 unspecified atom stereocenters. The molecule has 0 aliphatic carbocycles. The predicted octanol–water partition coefficient (Wildman–Crippen LogP) is 3.44. The fourth-order valence-electron chi connectivity index (χ4n) is 1.51. The normalized spacial score (nSPS) is 10.8.